The Hall–Kier alpha value is -1.24. The number of hydrogen-bond acceptors (Lipinski definition) is 3. The summed E-state index contributed by atoms with van der Waals surface area (Å²) in [6, 6.07) is 2.21. The first-order valence-electron chi connectivity index (χ1n) is 6.66. The molecule has 1 heterocycles. The molecule has 0 bridgehead atoms. The largest absolute Gasteiger partial charge is 0.444 e. The highest BCUT2D eigenvalue weighted by atomic mass is 16.6. The highest BCUT2D eigenvalue weighted by molar-refractivity contribution is 5.68. The van der Waals surface area contributed by atoms with Gasteiger partial charge in [0.15, 0.2) is 0 Å². The summed E-state index contributed by atoms with van der Waals surface area (Å²) >= 11 is 0. The first kappa shape index (κ1) is 14.8. The molecule has 0 aromatic rings. The van der Waals surface area contributed by atoms with Crippen molar-refractivity contribution in [2.24, 2.45) is 11.8 Å². The molecule has 1 fully saturated rings. The number of likely N-dealkylation sites (tertiary alicyclic amines) is 1. The number of ether oxygens (including phenoxy) is 1. The highest BCUT2D eigenvalue weighted by Crippen LogP contribution is 2.25. The fraction of sp³-hybridized carbons (Fsp3) is 0.857. The smallest absolute Gasteiger partial charge is 0.410 e. The van der Waals surface area contributed by atoms with Gasteiger partial charge in [-0.1, -0.05) is 6.92 Å². The van der Waals surface area contributed by atoms with E-state index >= 15 is 0 Å². The van der Waals surface area contributed by atoms with Crippen LogP contribution in [0.25, 0.3) is 0 Å². The zero-order chi connectivity index (χ0) is 13.8. The maximum atomic E-state index is 12.0. The molecular weight excluding hydrogens is 228 g/mol. The van der Waals surface area contributed by atoms with Crippen molar-refractivity contribution in [1.29, 1.82) is 5.26 Å². The van der Waals surface area contributed by atoms with E-state index in [9.17, 15) is 4.79 Å². The van der Waals surface area contributed by atoms with E-state index < -0.39 is 5.60 Å². The quantitative estimate of drug-likeness (QED) is 0.720. The summed E-state index contributed by atoms with van der Waals surface area (Å²) in [7, 11) is 0. The predicted molar refractivity (Wildman–Crippen MR) is 69.9 cm³/mol. The van der Waals surface area contributed by atoms with E-state index in [2.05, 4.69) is 13.0 Å². The summed E-state index contributed by atoms with van der Waals surface area (Å²) in [6.45, 7) is 9.18. The summed E-state index contributed by atoms with van der Waals surface area (Å²) in [5.41, 5.74) is -0.459. The molecule has 4 heteroatoms. The van der Waals surface area contributed by atoms with Crippen LogP contribution in [0.2, 0.25) is 0 Å². The average Bonchev–Trinajstić information content (AvgIpc) is 2.38. The Morgan fingerprint density at radius 2 is 2.17 bits per heavy atom. The van der Waals surface area contributed by atoms with E-state index in [-0.39, 0.29) is 12.0 Å². The molecule has 0 saturated carbocycles. The second-order valence-corrected chi connectivity index (χ2v) is 6.28. The molecule has 0 N–H and O–H groups in total. The molecular formula is C14H24N2O2. The van der Waals surface area contributed by atoms with Crippen molar-refractivity contribution in [2.75, 3.05) is 13.1 Å². The van der Waals surface area contributed by atoms with Crippen LogP contribution in [0.1, 0.15) is 47.0 Å². The van der Waals surface area contributed by atoms with Gasteiger partial charge in [0.05, 0.1) is 6.07 Å². The number of rotatable bonds is 1. The molecule has 2 unspecified atom stereocenters. The van der Waals surface area contributed by atoms with Crippen molar-refractivity contribution in [3.8, 4) is 6.07 Å². The Kier molecular flexibility index (Phi) is 5.01. The van der Waals surface area contributed by atoms with Gasteiger partial charge in [0, 0.05) is 19.5 Å². The van der Waals surface area contributed by atoms with Crippen molar-refractivity contribution < 1.29 is 9.53 Å². The molecule has 1 saturated heterocycles. The number of carbonyl (C=O) groups is 1. The highest BCUT2D eigenvalue weighted by Gasteiger charge is 2.28. The monoisotopic (exact) mass is 252 g/mol. The van der Waals surface area contributed by atoms with Crippen LogP contribution in [0.4, 0.5) is 4.79 Å². The summed E-state index contributed by atoms with van der Waals surface area (Å²) in [5, 5.41) is 8.82. The average molecular weight is 252 g/mol. The number of nitrogens with zero attached hydrogens (tertiary/aromatic N) is 2. The summed E-state index contributed by atoms with van der Waals surface area (Å²) in [6.07, 6.45) is 2.28. The van der Waals surface area contributed by atoms with Crippen LogP contribution in [0, 0.1) is 23.2 Å². The summed E-state index contributed by atoms with van der Waals surface area (Å²) < 4.78 is 5.40. The molecule has 18 heavy (non-hydrogen) atoms. The van der Waals surface area contributed by atoms with Crippen LogP contribution >= 0.6 is 0 Å². The SMILES string of the molecule is CC1CCN(C(=O)OC(C)(C)C)CC(CC#N)C1. The number of amides is 1. The van der Waals surface area contributed by atoms with Gasteiger partial charge in [-0.05, 0) is 45.4 Å². The van der Waals surface area contributed by atoms with Crippen LogP contribution < -0.4 is 0 Å². The minimum Gasteiger partial charge on any atom is -0.444 e. The number of carbonyl (C=O) groups excluding carboxylic acids is 1. The third kappa shape index (κ3) is 4.95. The Morgan fingerprint density at radius 3 is 2.72 bits per heavy atom. The minimum atomic E-state index is -0.459. The fourth-order valence-electron chi connectivity index (χ4n) is 2.31. The predicted octanol–water partition coefficient (Wildman–Crippen LogP) is 3.18. The Morgan fingerprint density at radius 1 is 1.50 bits per heavy atom. The molecule has 4 nitrogen and oxygen atoms in total. The van der Waals surface area contributed by atoms with E-state index in [1.807, 2.05) is 20.8 Å². The summed E-state index contributed by atoms with van der Waals surface area (Å²) in [4.78, 5) is 13.8. The lowest BCUT2D eigenvalue weighted by molar-refractivity contribution is 0.0234. The van der Waals surface area contributed by atoms with Crippen molar-refractivity contribution in [3.63, 3.8) is 0 Å². The molecule has 0 aromatic carbocycles. The Balaban J connectivity index is 2.64. The van der Waals surface area contributed by atoms with Crippen LogP contribution in [-0.2, 0) is 4.74 Å². The van der Waals surface area contributed by atoms with Crippen molar-refractivity contribution in [2.45, 2.75) is 52.6 Å². The summed E-state index contributed by atoms with van der Waals surface area (Å²) in [5.74, 6) is 0.843. The van der Waals surface area contributed by atoms with Crippen molar-refractivity contribution in [1.82, 2.24) is 4.90 Å². The van der Waals surface area contributed by atoms with E-state index in [0.717, 1.165) is 19.4 Å². The molecule has 1 aliphatic rings. The molecule has 0 spiro atoms. The van der Waals surface area contributed by atoms with Gasteiger partial charge in [0.2, 0.25) is 0 Å². The van der Waals surface area contributed by atoms with E-state index in [1.54, 1.807) is 4.90 Å². The van der Waals surface area contributed by atoms with Gasteiger partial charge in [-0.3, -0.25) is 0 Å². The first-order chi connectivity index (χ1) is 8.31. The third-order valence-corrected chi connectivity index (χ3v) is 3.14. The van der Waals surface area contributed by atoms with E-state index in [0.29, 0.717) is 18.9 Å². The molecule has 102 valence electrons. The molecule has 1 aliphatic heterocycles. The first-order valence-corrected chi connectivity index (χ1v) is 6.66. The maximum absolute atomic E-state index is 12.0. The molecule has 1 rings (SSSR count). The fourth-order valence-corrected chi connectivity index (χ4v) is 2.31. The van der Waals surface area contributed by atoms with Gasteiger partial charge in [0.25, 0.3) is 0 Å². The topological polar surface area (TPSA) is 53.3 Å². The molecule has 2 atom stereocenters. The van der Waals surface area contributed by atoms with Crippen molar-refractivity contribution in [3.05, 3.63) is 0 Å². The van der Waals surface area contributed by atoms with Gasteiger partial charge in [-0.25, -0.2) is 4.79 Å². The normalized spacial score (nSPS) is 25.2. The lowest BCUT2D eigenvalue weighted by Crippen LogP contribution is -2.39. The van der Waals surface area contributed by atoms with Gasteiger partial charge >= 0.3 is 6.09 Å². The second-order valence-electron chi connectivity index (χ2n) is 6.28. The second kappa shape index (κ2) is 6.08. The van der Waals surface area contributed by atoms with Gasteiger partial charge < -0.3 is 9.64 Å². The van der Waals surface area contributed by atoms with Crippen LogP contribution in [-0.4, -0.2) is 29.7 Å². The Bertz CT molecular complexity index is 328. The van der Waals surface area contributed by atoms with Gasteiger partial charge in [-0.15, -0.1) is 0 Å². The van der Waals surface area contributed by atoms with Crippen molar-refractivity contribution >= 4 is 6.09 Å². The third-order valence-electron chi connectivity index (χ3n) is 3.14. The van der Waals surface area contributed by atoms with Gasteiger partial charge in [-0.2, -0.15) is 5.26 Å². The zero-order valence-electron chi connectivity index (χ0n) is 11.9. The van der Waals surface area contributed by atoms with E-state index in [1.165, 1.54) is 0 Å². The van der Waals surface area contributed by atoms with Crippen LogP contribution in [0.5, 0.6) is 0 Å². The lowest BCUT2D eigenvalue weighted by Gasteiger charge is -2.27. The minimum absolute atomic E-state index is 0.250. The molecule has 0 radical (unpaired) electrons. The van der Waals surface area contributed by atoms with Crippen LogP contribution in [0.3, 0.4) is 0 Å². The number of hydrogen-bond donors (Lipinski definition) is 0. The van der Waals surface area contributed by atoms with E-state index in [4.69, 9.17) is 10.00 Å². The number of nitriles is 1. The Labute approximate surface area is 110 Å². The molecule has 1 amide bonds. The molecule has 0 aromatic heterocycles. The standard InChI is InChI=1S/C14H24N2O2/c1-11-6-8-16(10-12(9-11)5-7-15)13(17)18-14(2,3)4/h11-12H,5-6,8-10H2,1-4H3. The van der Waals surface area contributed by atoms with Crippen LogP contribution in [0.15, 0.2) is 0 Å². The lowest BCUT2D eigenvalue weighted by atomic mass is 9.93. The molecule has 0 aliphatic carbocycles. The van der Waals surface area contributed by atoms with Gasteiger partial charge in [0.1, 0.15) is 5.60 Å². The maximum Gasteiger partial charge on any atom is 0.410 e. The zero-order valence-corrected chi connectivity index (χ0v) is 11.9.